The summed E-state index contributed by atoms with van der Waals surface area (Å²) in [5.74, 6) is 1.29. The van der Waals surface area contributed by atoms with Gasteiger partial charge in [-0.05, 0) is 30.3 Å². The van der Waals surface area contributed by atoms with Gasteiger partial charge >= 0.3 is 0 Å². The minimum absolute atomic E-state index is 0.0679. The third kappa shape index (κ3) is 4.52. The van der Waals surface area contributed by atoms with Crippen LogP contribution >= 0.6 is 0 Å². The molecule has 36 heavy (non-hydrogen) atoms. The molecule has 0 aliphatic rings. The van der Waals surface area contributed by atoms with Crippen molar-refractivity contribution in [2.45, 2.75) is 0 Å². The number of ether oxygens (including phenoxy) is 1. The number of benzene rings is 3. The Morgan fingerprint density at radius 3 is 2.44 bits per heavy atom. The van der Waals surface area contributed by atoms with Crippen LogP contribution in [0.5, 0.6) is 11.5 Å². The molecule has 2 N–H and O–H groups in total. The summed E-state index contributed by atoms with van der Waals surface area (Å²) in [6, 6.07) is 25.4. The fraction of sp³-hybridized carbons (Fsp3) is 0.0714. The second-order valence-corrected chi connectivity index (χ2v) is 8.07. The number of para-hydroxylation sites is 1. The molecule has 0 radical (unpaired) electrons. The van der Waals surface area contributed by atoms with Gasteiger partial charge in [0, 0.05) is 43.6 Å². The van der Waals surface area contributed by atoms with E-state index in [0.29, 0.717) is 39.8 Å². The first-order valence-corrected chi connectivity index (χ1v) is 11.3. The Morgan fingerprint density at radius 2 is 1.64 bits per heavy atom. The molecule has 0 aliphatic heterocycles. The molecule has 2 aromatic heterocycles. The molecule has 0 unspecified atom stereocenters. The molecule has 3 aromatic carbocycles. The van der Waals surface area contributed by atoms with E-state index in [-0.39, 0.29) is 17.4 Å². The molecular weight excluding hydrogens is 454 g/mol. The van der Waals surface area contributed by atoms with Gasteiger partial charge in [-0.15, -0.1) is 0 Å². The Morgan fingerprint density at radius 1 is 0.889 bits per heavy atom. The number of ketones is 1. The lowest BCUT2D eigenvalue weighted by Crippen LogP contribution is -2.18. The number of nitrogens with zero attached hydrogens (tertiary/aromatic N) is 3. The molecule has 5 rings (SSSR count). The fourth-order valence-electron chi connectivity index (χ4n) is 3.87. The smallest absolute Gasteiger partial charge is 0.269 e. The first-order chi connectivity index (χ1) is 17.5. The van der Waals surface area contributed by atoms with Gasteiger partial charge in [0.15, 0.2) is 5.78 Å². The van der Waals surface area contributed by atoms with Crippen molar-refractivity contribution in [2.24, 2.45) is 7.05 Å². The Bertz CT molecular complexity index is 1580. The summed E-state index contributed by atoms with van der Waals surface area (Å²) >= 11 is 0. The average Bonchev–Trinajstić information content (AvgIpc) is 3.22. The Labute approximate surface area is 207 Å². The van der Waals surface area contributed by atoms with E-state index in [1.54, 1.807) is 37.4 Å². The summed E-state index contributed by atoms with van der Waals surface area (Å²) < 4.78 is 7.87. The molecule has 8 heteroatoms. The number of aromatic nitrogens is 3. The molecule has 0 saturated carbocycles. The Kier molecular flexibility index (Phi) is 6.15. The van der Waals surface area contributed by atoms with E-state index < -0.39 is 0 Å². The number of imidazole rings is 1. The standard InChI is InChI=1S/C28H23N5O3/c1-29-27(35)24-17-20(14-15-30-24)36-19-12-13-25-23(16-19)32-28(33(25)2)31-22-11-7-6-10-21(22)26(34)18-8-4-3-5-9-18/h3-17H,1-2H3,(H,29,35)(H,31,32). The van der Waals surface area contributed by atoms with Gasteiger partial charge in [-0.2, -0.15) is 0 Å². The monoisotopic (exact) mass is 477 g/mol. The van der Waals surface area contributed by atoms with E-state index in [2.05, 4.69) is 15.6 Å². The predicted molar refractivity (Wildman–Crippen MR) is 138 cm³/mol. The highest BCUT2D eigenvalue weighted by atomic mass is 16.5. The van der Waals surface area contributed by atoms with Crippen LogP contribution in [0, 0.1) is 0 Å². The summed E-state index contributed by atoms with van der Waals surface area (Å²) in [7, 11) is 3.45. The van der Waals surface area contributed by atoms with Crippen LogP contribution < -0.4 is 15.4 Å². The van der Waals surface area contributed by atoms with Gasteiger partial charge in [-0.3, -0.25) is 14.6 Å². The largest absolute Gasteiger partial charge is 0.457 e. The van der Waals surface area contributed by atoms with Gasteiger partial charge < -0.3 is 19.9 Å². The number of anilines is 2. The number of nitrogens with one attached hydrogen (secondary N) is 2. The van der Waals surface area contributed by atoms with Gasteiger partial charge in [0.1, 0.15) is 17.2 Å². The van der Waals surface area contributed by atoms with E-state index in [0.717, 1.165) is 5.52 Å². The van der Waals surface area contributed by atoms with E-state index in [1.807, 2.05) is 66.2 Å². The molecule has 0 bridgehead atoms. The summed E-state index contributed by atoms with van der Waals surface area (Å²) in [6.45, 7) is 0. The normalized spacial score (nSPS) is 10.7. The van der Waals surface area contributed by atoms with Crippen LogP contribution in [0.3, 0.4) is 0 Å². The van der Waals surface area contributed by atoms with Crippen LogP contribution in [0.2, 0.25) is 0 Å². The molecule has 0 spiro atoms. The quantitative estimate of drug-likeness (QED) is 0.317. The molecular formula is C28H23N5O3. The molecule has 5 aromatic rings. The molecule has 0 atom stereocenters. The van der Waals surface area contributed by atoms with Gasteiger partial charge in [-0.1, -0.05) is 42.5 Å². The number of amides is 1. The number of rotatable bonds is 7. The zero-order valence-corrected chi connectivity index (χ0v) is 19.7. The third-order valence-electron chi connectivity index (χ3n) is 5.73. The molecule has 0 fully saturated rings. The van der Waals surface area contributed by atoms with Crippen LogP contribution in [0.15, 0.2) is 91.1 Å². The number of hydrogen-bond acceptors (Lipinski definition) is 6. The first-order valence-electron chi connectivity index (χ1n) is 11.3. The second kappa shape index (κ2) is 9.71. The number of hydrogen-bond donors (Lipinski definition) is 2. The number of fused-ring (bicyclic) bond motifs is 1. The van der Waals surface area contributed by atoms with Crippen LogP contribution in [0.25, 0.3) is 11.0 Å². The van der Waals surface area contributed by atoms with Gasteiger partial charge in [-0.25, -0.2) is 4.98 Å². The molecule has 178 valence electrons. The lowest BCUT2D eigenvalue weighted by atomic mass is 10.0. The van der Waals surface area contributed by atoms with Gasteiger partial charge in [0.2, 0.25) is 5.95 Å². The van der Waals surface area contributed by atoms with Gasteiger partial charge in [0.05, 0.1) is 16.7 Å². The predicted octanol–water partition coefficient (Wildman–Crippen LogP) is 5.09. The van der Waals surface area contributed by atoms with Crippen molar-refractivity contribution in [3.05, 3.63) is 108 Å². The van der Waals surface area contributed by atoms with Crippen LogP contribution in [0.4, 0.5) is 11.6 Å². The van der Waals surface area contributed by atoms with Crippen molar-refractivity contribution in [3.8, 4) is 11.5 Å². The Hall–Kier alpha value is -4.98. The van der Waals surface area contributed by atoms with Crippen molar-refractivity contribution in [3.63, 3.8) is 0 Å². The van der Waals surface area contributed by atoms with Crippen LogP contribution in [-0.2, 0) is 7.05 Å². The maximum absolute atomic E-state index is 13.1. The minimum atomic E-state index is -0.289. The van der Waals surface area contributed by atoms with Gasteiger partial charge in [0.25, 0.3) is 5.91 Å². The van der Waals surface area contributed by atoms with Crippen LogP contribution in [0.1, 0.15) is 26.4 Å². The Balaban J connectivity index is 1.42. The maximum atomic E-state index is 13.1. The summed E-state index contributed by atoms with van der Waals surface area (Å²) in [5, 5.41) is 5.86. The fourth-order valence-corrected chi connectivity index (χ4v) is 3.87. The van der Waals surface area contributed by atoms with Crippen molar-refractivity contribution < 1.29 is 14.3 Å². The number of carbonyl (C=O) groups is 2. The first kappa shape index (κ1) is 22.8. The van der Waals surface area contributed by atoms with Crippen molar-refractivity contribution >= 4 is 34.4 Å². The van der Waals surface area contributed by atoms with E-state index in [9.17, 15) is 9.59 Å². The molecule has 0 saturated heterocycles. The summed E-state index contributed by atoms with van der Waals surface area (Å²) in [4.78, 5) is 33.7. The molecule has 0 aliphatic carbocycles. The zero-order valence-electron chi connectivity index (χ0n) is 19.7. The molecule has 8 nitrogen and oxygen atoms in total. The average molecular weight is 478 g/mol. The SMILES string of the molecule is CNC(=O)c1cc(Oc2ccc3c(c2)nc(Nc2ccccc2C(=O)c2ccccc2)n3C)ccn1. The highest BCUT2D eigenvalue weighted by molar-refractivity contribution is 6.12. The molecule has 1 amide bonds. The second-order valence-electron chi connectivity index (χ2n) is 8.07. The van der Waals surface area contributed by atoms with Crippen LogP contribution in [-0.4, -0.2) is 33.3 Å². The van der Waals surface area contributed by atoms with Crippen molar-refractivity contribution in [1.29, 1.82) is 0 Å². The zero-order chi connectivity index (χ0) is 25.1. The number of carbonyl (C=O) groups excluding carboxylic acids is 2. The number of aryl methyl sites for hydroxylation is 1. The molecule has 2 heterocycles. The number of pyridine rings is 1. The van der Waals surface area contributed by atoms with E-state index in [4.69, 9.17) is 9.72 Å². The van der Waals surface area contributed by atoms with Crippen molar-refractivity contribution in [1.82, 2.24) is 19.9 Å². The highest BCUT2D eigenvalue weighted by Crippen LogP contribution is 2.29. The summed E-state index contributed by atoms with van der Waals surface area (Å²) in [6.07, 6.45) is 1.52. The van der Waals surface area contributed by atoms with E-state index >= 15 is 0 Å². The third-order valence-corrected chi connectivity index (χ3v) is 5.73. The van der Waals surface area contributed by atoms with E-state index in [1.165, 1.54) is 6.20 Å². The lowest BCUT2D eigenvalue weighted by molar-refractivity contribution is 0.0957. The maximum Gasteiger partial charge on any atom is 0.269 e. The minimum Gasteiger partial charge on any atom is -0.457 e. The summed E-state index contributed by atoms with van der Waals surface area (Å²) in [5.41, 5.74) is 3.71. The lowest BCUT2D eigenvalue weighted by Gasteiger charge is -2.11. The van der Waals surface area contributed by atoms with Crippen molar-refractivity contribution in [2.75, 3.05) is 12.4 Å². The topological polar surface area (TPSA) is 98.1 Å². The highest BCUT2D eigenvalue weighted by Gasteiger charge is 2.16.